The summed E-state index contributed by atoms with van der Waals surface area (Å²) < 4.78 is 32.2. The van der Waals surface area contributed by atoms with Gasteiger partial charge in [-0.15, -0.1) is 0 Å². The molecule has 3 N–H and O–H groups in total. The number of nitrogens with two attached hydrogens (primary N) is 1. The molecule has 0 aromatic heterocycles. The molecule has 0 bridgehead atoms. The zero-order chi connectivity index (χ0) is 15.0. The summed E-state index contributed by atoms with van der Waals surface area (Å²) in [6.07, 6.45) is -4.24. The number of carboxylic acids is 2. The highest BCUT2D eigenvalue weighted by molar-refractivity contribution is 5.73. The first-order valence-electron chi connectivity index (χ1n) is 4.94. The third kappa shape index (κ3) is 12.7. The van der Waals surface area contributed by atoms with Gasteiger partial charge < -0.3 is 25.2 Å². The number of likely N-dealkylation sites (N-methyl/N-ethyl adjacent to an activating group) is 1. The zero-order valence-electron chi connectivity index (χ0n) is 10.2. The summed E-state index contributed by atoms with van der Waals surface area (Å²) >= 11 is 0. The van der Waals surface area contributed by atoms with Gasteiger partial charge in [0, 0.05) is 6.42 Å². The maximum absolute atomic E-state index is 10.6. The maximum Gasteiger partial charge on any atom is 0.490 e. The van der Waals surface area contributed by atoms with Crippen LogP contribution in [-0.2, 0) is 9.59 Å². The molecule has 0 fully saturated rings. The van der Waals surface area contributed by atoms with Gasteiger partial charge in [0.2, 0.25) is 0 Å². The monoisotopic (exact) mass is 274 g/mol. The van der Waals surface area contributed by atoms with Gasteiger partial charge in [0.25, 0.3) is 0 Å². The van der Waals surface area contributed by atoms with Crippen LogP contribution in [0.5, 0.6) is 0 Å². The molecule has 0 aliphatic carbocycles. The number of hydrogen-bond acceptors (Lipinski definition) is 4. The molecule has 6 nitrogen and oxygen atoms in total. The topological polar surface area (TPSA) is 103 Å². The summed E-state index contributed by atoms with van der Waals surface area (Å²) in [5.41, 5.74) is 5.29. The molecule has 0 atom stereocenters. The Hall–Kier alpha value is -1.35. The Bertz CT molecular complexity index is 279. The van der Waals surface area contributed by atoms with Crippen molar-refractivity contribution in [2.45, 2.75) is 12.6 Å². The molecule has 0 rings (SSSR count). The highest BCUT2D eigenvalue weighted by Crippen LogP contribution is 2.13. The second-order valence-corrected chi connectivity index (χ2v) is 4.13. The molecule has 0 radical (unpaired) electrons. The minimum absolute atomic E-state index is 0.0556. The van der Waals surface area contributed by atoms with Crippen molar-refractivity contribution in [1.29, 1.82) is 0 Å². The number of carboxylic acid groups (broad SMARTS) is 2. The molecule has 0 aliphatic heterocycles. The van der Waals surface area contributed by atoms with Gasteiger partial charge in [0.05, 0.1) is 26.6 Å². The first-order chi connectivity index (χ1) is 7.92. The smallest absolute Gasteiger partial charge is 0.490 e. The lowest BCUT2D eigenvalue weighted by atomic mass is 10.3. The minimum atomic E-state index is -5.08. The van der Waals surface area contributed by atoms with Gasteiger partial charge in [-0.1, -0.05) is 0 Å². The number of carbonyl (C=O) groups excluding carboxylic acids is 1. The minimum Gasteiger partial charge on any atom is -0.544 e. The van der Waals surface area contributed by atoms with Gasteiger partial charge >= 0.3 is 12.1 Å². The van der Waals surface area contributed by atoms with E-state index in [0.717, 1.165) is 13.0 Å². The Kier molecular flexibility index (Phi) is 8.31. The van der Waals surface area contributed by atoms with Crippen molar-refractivity contribution in [3.63, 3.8) is 0 Å². The number of quaternary nitrogens is 1. The van der Waals surface area contributed by atoms with Crippen LogP contribution in [0.2, 0.25) is 0 Å². The summed E-state index contributed by atoms with van der Waals surface area (Å²) in [5, 5.41) is 17.3. The summed E-state index contributed by atoms with van der Waals surface area (Å²) in [6.45, 7) is 1.44. The lowest BCUT2D eigenvalue weighted by Gasteiger charge is -2.29. The molecule has 0 unspecified atom stereocenters. The molecule has 0 aliphatic rings. The molecule has 0 aromatic rings. The predicted octanol–water partition coefficient (Wildman–Crippen LogP) is -1.21. The van der Waals surface area contributed by atoms with Crippen molar-refractivity contribution < 1.29 is 37.5 Å². The molecule has 0 spiro atoms. The van der Waals surface area contributed by atoms with Crippen LogP contribution in [-0.4, -0.2) is 61.4 Å². The van der Waals surface area contributed by atoms with E-state index in [9.17, 15) is 23.1 Å². The number of aliphatic carboxylic acids is 2. The fourth-order valence-corrected chi connectivity index (χ4v) is 0.948. The van der Waals surface area contributed by atoms with E-state index in [1.807, 2.05) is 14.1 Å². The second-order valence-electron chi connectivity index (χ2n) is 4.13. The van der Waals surface area contributed by atoms with Gasteiger partial charge in [-0.25, -0.2) is 4.79 Å². The largest absolute Gasteiger partial charge is 0.544 e. The van der Waals surface area contributed by atoms with Crippen LogP contribution < -0.4 is 10.8 Å². The Labute approximate surface area is 102 Å². The fourth-order valence-electron chi connectivity index (χ4n) is 0.948. The number of rotatable bonds is 5. The van der Waals surface area contributed by atoms with Crippen molar-refractivity contribution in [2.75, 3.05) is 33.7 Å². The van der Waals surface area contributed by atoms with Crippen LogP contribution >= 0.6 is 0 Å². The highest BCUT2D eigenvalue weighted by Gasteiger charge is 2.38. The Morgan fingerprint density at radius 2 is 1.72 bits per heavy atom. The van der Waals surface area contributed by atoms with Crippen molar-refractivity contribution in [3.05, 3.63) is 0 Å². The SMILES string of the molecule is C[N+](C)(CCCN)CC(=O)[O-].O=C(O)C(F)(F)F. The van der Waals surface area contributed by atoms with Crippen LogP contribution in [0.4, 0.5) is 13.2 Å². The van der Waals surface area contributed by atoms with Crippen LogP contribution in [0, 0.1) is 0 Å². The summed E-state index contributed by atoms with van der Waals surface area (Å²) in [7, 11) is 3.71. The number of hydrogen-bond donors (Lipinski definition) is 2. The van der Waals surface area contributed by atoms with Gasteiger partial charge in [-0.2, -0.15) is 13.2 Å². The summed E-state index contributed by atoms with van der Waals surface area (Å²) in [6, 6.07) is 0. The molecule has 0 aromatic carbocycles. The first kappa shape index (κ1) is 19.0. The molecule has 108 valence electrons. The Morgan fingerprint density at radius 3 is 1.94 bits per heavy atom. The van der Waals surface area contributed by atoms with E-state index in [2.05, 4.69) is 0 Å². The number of nitrogens with zero attached hydrogens (tertiary/aromatic N) is 1. The molecular formula is C9H17F3N2O4. The molecular weight excluding hydrogens is 257 g/mol. The van der Waals surface area contributed by atoms with Gasteiger partial charge in [0.15, 0.2) is 0 Å². The molecule has 0 saturated carbocycles. The average molecular weight is 274 g/mol. The van der Waals surface area contributed by atoms with Crippen LogP contribution in [0.3, 0.4) is 0 Å². The average Bonchev–Trinajstić information content (AvgIpc) is 2.12. The quantitative estimate of drug-likeness (QED) is 0.613. The second kappa shape index (κ2) is 7.88. The van der Waals surface area contributed by atoms with Gasteiger partial charge in [0.1, 0.15) is 6.54 Å². The fraction of sp³-hybridized carbons (Fsp3) is 0.778. The number of carbonyl (C=O) groups is 2. The van der Waals surface area contributed by atoms with Crippen LogP contribution in [0.25, 0.3) is 0 Å². The van der Waals surface area contributed by atoms with Crippen molar-refractivity contribution >= 4 is 11.9 Å². The van der Waals surface area contributed by atoms with E-state index in [0.29, 0.717) is 11.0 Å². The molecule has 0 amide bonds. The van der Waals surface area contributed by atoms with E-state index >= 15 is 0 Å². The van der Waals surface area contributed by atoms with Gasteiger partial charge in [-0.3, -0.25) is 0 Å². The van der Waals surface area contributed by atoms with Crippen LogP contribution in [0.15, 0.2) is 0 Å². The van der Waals surface area contributed by atoms with Crippen molar-refractivity contribution in [3.8, 4) is 0 Å². The number of halogens is 3. The van der Waals surface area contributed by atoms with E-state index in [1.54, 1.807) is 0 Å². The molecule has 9 heteroatoms. The third-order valence-electron chi connectivity index (χ3n) is 1.77. The van der Waals surface area contributed by atoms with Crippen molar-refractivity contribution in [1.82, 2.24) is 0 Å². The first-order valence-corrected chi connectivity index (χ1v) is 4.94. The van der Waals surface area contributed by atoms with E-state index in [-0.39, 0.29) is 6.54 Å². The highest BCUT2D eigenvalue weighted by atomic mass is 19.4. The molecule has 18 heavy (non-hydrogen) atoms. The van der Waals surface area contributed by atoms with E-state index in [4.69, 9.17) is 15.6 Å². The van der Waals surface area contributed by atoms with E-state index < -0.39 is 18.1 Å². The van der Waals surface area contributed by atoms with Gasteiger partial charge in [-0.05, 0) is 6.54 Å². The standard InChI is InChI=1S/C7H16N2O2.C2HF3O2/c1-9(2,5-3-4-8)6-7(10)11;3-2(4,5)1(6)7/h3-6,8H2,1-2H3;(H,6,7). The maximum atomic E-state index is 10.6. The molecule has 0 saturated heterocycles. The molecule has 0 heterocycles. The Balaban J connectivity index is 0. The Morgan fingerprint density at radius 1 is 1.33 bits per heavy atom. The van der Waals surface area contributed by atoms with Crippen molar-refractivity contribution in [2.24, 2.45) is 5.73 Å². The summed E-state index contributed by atoms with van der Waals surface area (Å²) in [4.78, 5) is 19.1. The normalized spacial score (nSPS) is 11.4. The van der Waals surface area contributed by atoms with E-state index in [1.165, 1.54) is 0 Å². The third-order valence-corrected chi connectivity index (χ3v) is 1.77. The van der Waals surface area contributed by atoms with Crippen LogP contribution in [0.1, 0.15) is 6.42 Å². The summed E-state index contributed by atoms with van der Waals surface area (Å²) in [5.74, 6) is -3.76. The number of alkyl halides is 3. The lowest BCUT2D eigenvalue weighted by molar-refractivity contribution is -0.884. The zero-order valence-corrected chi connectivity index (χ0v) is 10.2. The predicted molar refractivity (Wildman–Crippen MR) is 54.2 cm³/mol. The lowest BCUT2D eigenvalue weighted by Crippen LogP contribution is -2.49.